The monoisotopic (exact) mass is 461 g/mol. The summed E-state index contributed by atoms with van der Waals surface area (Å²) >= 11 is 0. The molecule has 2 aliphatic rings. The van der Waals surface area contributed by atoms with Crippen molar-refractivity contribution in [2.45, 2.75) is 50.3 Å². The maximum absolute atomic E-state index is 12.1. The first kappa shape index (κ1) is 22.3. The van der Waals surface area contributed by atoms with Gasteiger partial charge in [-0.1, -0.05) is 0 Å². The standard InChI is InChI=1S/C21H27N5O5S/c1-14(2)30-21(27)25-9-6-16(7-10-25)31-20-17-8-11-26(19(17)23-13-24-20)15-4-5-18(22-12-15)32(3,28)29/h4-5,12-14,16H,6-11H2,1-3H3. The molecular weight excluding hydrogens is 434 g/mol. The van der Waals surface area contributed by atoms with Gasteiger partial charge in [-0.25, -0.2) is 28.2 Å². The lowest BCUT2D eigenvalue weighted by molar-refractivity contribution is 0.0505. The van der Waals surface area contributed by atoms with Gasteiger partial charge in [0.15, 0.2) is 14.9 Å². The van der Waals surface area contributed by atoms with E-state index in [1.54, 1.807) is 17.2 Å². The summed E-state index contributed by atoms with van der Waals surface area (Å²) in [6.45, 7) is 5.50. The molecule has 0 aromatic carbocycles. The van der Waals surface area contributed by atoms with E-state index in [0.29, 0.717) is 44.8 Å². The first-order valence-corrected chi connectivity index (χ1v) is 12.5. The van der Waals surface area contributed by atoms with Gasteiger partial charge in [0.2, 0.25) is 5.88 Å². The van der Waals surface area contributed by atoms with Crippen molar-refractivity contribution in [2.75, 3.05) is 30.8 Å². The number of ether oxygens (including phenoxy) is 2. The van der Waals surface area contributed by atoms with Gasteiger partial charge < -0.3 is 19.3 Å². The van der Waals surface area contributed by atoms with Gasteiger partial charge in [-0.2, -0.15) is 0 Å². The number of nitrogens with zero attached hydrogens (tertiary/aromatic N) is 5. The van der Waals surface area contributed by atoms with E-state index < -0.39 is 9.84 Å². The van der Waals surface area contributed by atoms with Gasteiger partial charge in [0.1, 0.15) is 18.2 Å². The Balaban J connectivity index is 1.43. The van der Waals surface area contributed by atoms with Gasteiger partial charge in [-0.05, 0) is 32.4 Å². The largest absolute Gasteiger partial charge is 0.474 e. The Morgan fingerprint density at radius 1 is 1.12 bits per heavy atom. The molecule has 0 bridgehead atoms. The van der Waals surface area contributed by atoms with Crippen LogP contribution in [0.1, 0.15) is 32.3 Å². The molecule has 0 aliphatic carbocycles. The topological polar surface area (TPSA) is 115 Å². The third-order valence-electron chi connectivity index (χ3n) is 5.45. The van der Waals surface area contributed by atoms with Crippen molar-refractivity contribution in [1.29, 1.82) is 0 Å². The molecule has 2 aromatic heterocycles. The van der Waals surface area contributed by atoms with Crippen molar-refractivity contribution in [3.63, 3.8) is 0 Å². The fourth-order valence-electron chi connectivity index (χ4n) is 3.86. The molecule has 2 aromatic rings. The average Bonchev–Trinajstić information content (AvgIpc) is 3.18. The van der Waals surface area contributed by atoms with Crippen LogP contribution in [-0.2, 0) is 21.0 Å². The second-order valence-corrected chi connectivity index (χ2v) is 10.2. The van der Waals surface area contributed by atoms with E-state index in [9.17, 15) is 13.2 Å². The Morgan fingerprint density at radius 3 is 2.50 bits per heavy atom. The van der Waals surface area contributed by atoms with Crippen LogP contribution in [0.4, 0.5) is 16.3 Å². The highest BCUT2D eigenvalue weighted by Crippen LogP contribution is 2.37. The van der Waals surface area contributed by atoms with Gasteiger partial charge in [0, 0.05) is 38.7 Å². The lowest BCUT2D eigenvalue weighted by Gasteiger charge is -2.32. The zero-order valence-corrected chi connectivity index (χ0v) is 19.2. The SMILES string of the molecule is CC(C)OC(=O)N1CCC(Oc2ncnc3c2CCN3c2ccc(S(C)(=O)=O)nc2)CC1. The fraction of sp³-hybridized carbons (Fsp3) is 0.524. The van der Waals surface area contributed by atoms with Crippen molar-refractivity contribution >= 4 is 27.4 Å². The maximum atomic E-state index is 12.1. The minimum atomic E-state index is -3.35. The van der Waals surface area contributed by atoms with Gasteiger partial charge in [-0.3, -0.25) is 0 Å². The van der Waals surface area contributed by atoms with Crippen LogP contribution in [0.25, 0.3) is 0 Å². The summed E-state index contributed by atoms with van der Waals surface area (Å²) in [5.41, 5.74) is 1.68. The second-order valence-electron chi connectivity index (χ2n) is 8.25. The molecule has 0 N–H and O–H groups in total. The smallest absolute Gasteiger partial charge is 0.410 e. The fourth-order valence-corrected chi connectivity index (χ4v) is 4.42. The van der Waals surface area contributed by atoms with Gasteiger partial charge in [0.05, 0.1) is 23.6 Å². The Bertz CT molecular complexity index is 1080. The van der Waals surface area contributed by atoms with Gasteiger partial charge >= 0.3 is 6.09 Å². The van der Waals surface area contributed by atoms with Gasteiger partial charge in [-0.15, -0.1) is 0 Å². The van der Waals surface area contributed by atoms with E-state index in [2.05, 4.69) is 15.0 Å². The van der Waals surface area contributed by atoms with E-state index in [1.807, 2.05) is 18.7 Å². The molecule has 1 amide bonds. The number of anilines is 2. The number of aromatic nitrogens is 3. The number of piperidine rings is 1. The Labute approximate surface area is 187 Å². The number of sulfone groups is 1. The molecule has 0 radical (unpaired) electrons. The van der Waals surface area contributed by atoms with Crippen LogP contribution in [0.2, 0.25) is 0 Å². The molecule has 1 saturated heterocycles. The molecule has 2 aliphatic heterocycles. The Kier molecular flexibility index (Phi) is 6.18. The summed E-state index contributed by atoms with van der Waals surface area (Å²) in [5.74, 6) is 1.29. The normalized spacial score (nSPS) is 16.9. The molecule has 4 rings (SSSR count). The third kappa shape index (κ3) is 4.77. The van der Waals surface area contributed by atoms with Crippen LogP contribution in [0.3, 0.4) is 0 Å². The number of likely N-dealkylation sites (tertiary alicyclic amines) is 1. The number of hydrogen-bond acceptors (Lipinski definition) is 9. The predicted molar refractivity (Wildman–Crippen MR) is 117 cm³/mol. The second kappa shape index (κ2) is 8.89. The molecule has 11 heteroatoms. The van der Waals surface area contributed by atoms with Crippen LogP contribution < -0.4 is 9.64 Å². The highest BCUT2D eigenvalue weighted by Gasteiger charge is 2.30. The maximum Gasteiger partial charge on any atom is 0.410 e. The number of carbonyl (C=O) groups is 1. The summed E-state index contributed by atoms with van der Waals surface area (Å²) < 4.78 is 34.8. The molecule has 0 atom stereocenters. The lowest BCUT2D eigenvalue weighted by Crippen LogP contribution is -2.42. The van der Waals surface area contributed by atoms with Crippen LogP contribution in [0.15, 0.2) is 29.7 Å². The average molecular weight is 462 g/mol. The van der Waals surface area contributed by atoms with E-state index in [4.69, 9.17) is 9.47 Å². The van der Waals surface area contributed by atoms with E-state index in [-0.39, 0.29) is 23.3 Å². The highest BCUT2D eigenvalue weighted by atomic mass is 32.2. The summed E-state index contributed by atoms with van der Waals surface area (Å²) in [6.07, 6.45) is 5.79. The summed E-state index contributed by atoms with van der Waals surface area (Å²) in [4.78, 5) is 28.6. The summed E-state index contributed by atoms with van der Waals surface area (Å²) in [6, 6.07) is 3.23. The predicted octanol–water partition coefficient (Wildman–Crippen LogP) is 2.36. The molecule has 1 fully saturated rings. The first-order valence-electron chi connectivity index (χ1n) is 10.6. The molecular formula is C21H27N5O5S. The minimum absolute atomic E-state index is 0.0380. The third-order valence-corrected chi connectivity index (χ3v) is 6.45. The van der Waals surface area contributed by atoms with E-state index in [1.165, 1.54) is 12.4 Å². The van der Waals surface area contributed by atoms with Crippen LogP contribution >= 0.6 is 0 Å². The number of hydrogen-bond donors (Lipinski definition) is 0. The van der Waals surface area contributed by atoms with Crippen LogP contribution in [0, 0.1) is 0 Å². The Morgan fingerprint density at radius 2 is 1.88 bits per heavy atom. The molecule has 0 unspecified atom stereocenters. The molecule has 0 spiro atoms. The summed E-state index contributed by atoms with van der Waals surface area (Å²) in [5, 5.41) is 0.0380. The number of pyridine rings is 1. The van der Waals surface area contributed by atoms with E-state index in [0.717, 1.165) is 23.3 Å². The van der Waals surface area contributed by atoms with Crippen molar-refractivity contribution in [2.24, 2.45) is 0 Å². The quantitative estimate of drug-likeness (QED) is 0.662. The number of fused-ring (bicyclic) bond motifs is 1. The Hall–Kier alpha value is -2.95. The molecule has 32 heavy (non-hydrogen) atoms. The number of rotatable bonds is 5. The molecule has 4 heterocycles. The van der Waals surface area contributed by atoms with Crippen LogP contribution in [-0.4, -0.2) is 72.5 Å². The van der Waals surface area contributed by atoms with Crippen molar-refractivity contribution in [3.8, 4) is 5.88 Å². The molecule has 0 saturated carbocycles. The molecule has 172 valence electrons. The number of carbonyl (C=O) groups excluding carboxylic acids is 1. The molecule has 10 nitrogen and oxygen atoms in total. The number of amides is 1. The van der Waals surface area contributed by atoms with Crippen molar-refractivity contribution in [1.82, 2.24) is 19.9 Å². The van der Waals surface area contributed by atoms with Crippen molar-refractivity contribution in [3.05, 3.63) is 30.2 Å². The summed E-state index contributed by atoms with van der Waals surface area (Å²) in [7, 11) is -3.35. The van der Waals surface area contributed by atoms with Crippen molar-refractivity contribution < 1.29 is 22.7 Å². The van der Waals surface area contributed by atoms with E-state index >= 15 is 0 Å². The van der Waals surface area contributed by atoms with Gasteiger partial charge in [0.25, 0.3) is 0 Å². The lowest BCUT2D eigenvalue weighted by atomic mass is 10.1. The highest BCUT2D eigenvalue weighted by molar-refractivity contribution is 7.90. The van der Waals surface area contributed by atoms with Crippen LogP contribution in [0.5, 0.6) is 5.88 Å². The zero-order chi connectivity index (χ0) is 22.9. The first-order chi connectivity index (χ1) is 15.2. The zero-order valence-electron chi connectivity index (χ0n) is 18.4. The minimum Gasteiger partial charge on any atom is -0.474 e.